The van der Waals surface area contributed by atoms with Gasteiger partial charge in [-0.25, -0.2) is 9.97 Å². The number of hydrogen-bond donors (Lipinski definition) is 1. The van der Waals surface area contributed by atoms with Crippen molar-refractivity contribution in [2.45, 2.75) is 20.3 Å². The first-order valence-electron chi connectivity index (χ1n) is 6.66. The van der Waals surface area contributed by atoms with E-state index in [4.69, 9.17) is 5.73 Å². The Morgan fingerprint density at radius 1 is 1.15 bits per heavy atom. The molecule has 1 aromatic carbocycles. The molecule has 100 valence electrons. The zero-order valence-corrected chi connectivity index (χ0v) is 11.6. The van der Waals surface area contributed by atoms with Crippen molar-refractivity contribution in [2.24, 2.45) is 0 Å². The summed E-state index contributed by atoms with van der Waals surface area (Å²) in [6.45, 7) is 3.98. The molecule has 2 heterocycles. The highest BCUT2D eigenvalue weighted by atomic mass is 15.0. The van der Waals surface area contributed by atoms with Gasteiger partial charge < -0.3 is 5.73 Å². The van der Waals surface area contributed by atoms with Gasteiger partial charge in [-0.2, -0.15) is 0 Å². The smallest absolute Gasteiger partial charge is 0.131 e. The Hall–Kier alpha value is -2.49. The van der Waals surface area contributed by atoms with Crippen LogP contribution in [0.2, 0.25) is 0 Å². The molecule has 0 aliphatic carbocycles. The molecule has 0 radical (unpaired) electrons. The minimum Gasteiger partial charge on any atom is -0.383 e. The number of nitrogen functional groups attached to an aromatic ring is 1. The van der Waals surface area contributed by atoms with Crippen LogP contribution in [0, 0.1) is 6.92 Å². The predicted molar refractivity (Wildman–Crippen MR) is 81.3 cm³/mol. The van der Waals surface area contributed by atoms with Crippen molar-refractivity contribution in [3.05, 3.63) is 48.0 Å². The lowest BCUT2D eigenvalue weighted by Gasteiger charge is -2.11. The van der Waals surface area contributed by atoms with Gasteiger partial charge in [0.15, 0.2) is 0 Å². The van der Waals surface area contributed by atoms with Crippen molar-refractivity contribution in [1.29, 1.82) is 0 Å². The van der Waals surface area contributed by atoms with Crippen LogP contribution < -0.4 is 5.73 Å². The number of fused-ring (bicyclic) bond motifs is 1. The van der Waals surface area contributed by atoms with Gasteiger partial charge in [-0.15, -0.1) is 0 Å². The van der Waals surface area contributed by atoms with Gasteiger partial charge in [0.1, 0.15) is 11.6 Å². The van der Waals surface area contributed by atoms with E-state index in [1.54, 1.807) is 6.20 Å². The molecule has 3 aromatic rings. The number of pyridine rings is 1. The van der Waals surface area contributed by atoms with Crippen molar-refractivity contribution < 1.29 is 0 Å². The van der Waals surface area contributed by atoms with Crippen molar-refractivity contribution in [3.8, 4) is 11.3 Å². The molecule has 4 nitrogen and oxygen atoms in total. The fraction of sp³-hybridized carbons (Fsp3) is 0.188. The maximum Gasteiger partial charge on any atom is 0.131 e. The zero-order valence-electron chi connectivity index (χ0n) is 11.6. The Morgan fingerprint density at radius 2 is 2.00 bits per heavy atom. The van der Waals surface area contributed by atoms with Crippen LogP contribution in [0.4, 0.5) is 5.82 Å². The highest BCUT2D eigenvalue weighted by Gasteiger charge is 2.12. The van der Waals surface area contributed by atoms with Crippen LogP contribution in [0.5, 0.6) is 0 Å². The van der Waals surface area contributed by atoms with E-state index < -0.39 is 0 Å². The summed E-state index contributed by atoms with van der Waals surface area (Å²) in [6.07, 6.45) is 4.43. The number of aromatic nitrogens is 3. The van der Waals surface area contributed by atoms with Gasteiger partial charge in [0.2, 0.25) is 0 Å². The van der Waals surface area contributed by atoms with Gasteiger partial charge in [0.25, 0.3) is 0 Å². The predicted octanol–water partition coefficient (Wildman–Crippen LogP) is 3.14. The summed E-state index contributed by atoms with van der Waals surface area (Å²) in [4.78, 5) is 13.2. The average molecular weight is 264 g/mol. The van der Waals surface area contributed by atoms with Crippen LogP contribution in [0.1, 0.15) is 18.3 Å². The Bertz CT molecular complexity index is 775. The molecule has 2 N–H and O–H groups in total. The third-order valence-electron chi connectivity index (χ3n) is 3.48. The summed E-state index contributed by atoms with van der Waals surface area (Å²) in [5, 5.41) is 2.23. The zero-order chi connectivity index (χ0) is 14.1. The molecule has 0 saturated carbocycles. The number of nitrogens with zero attached hydrogens (tertiary/aromatic N) is 3. The van der Waals surface area contributed by atoms with E-state index in [1.165, 1.54) is 0 Å². The first-order valence-corrected chi connectivity index (χ1v) is 6.66. The van der Waals surface area contributed by atoms with Gasteiger partial charge in [0.05, 0.1) is 5.69 Å². The van der Waals surface area contributed by atoms with Crippen molar-refractivity contribution in [1.82, 2.24) is 15.0 Å². The number of anilines is 1. The van der Waals surface area contributed by atoms with Gasteiger partial charge >= 0.3 is 0 Å². The first kappa shape index (κ1) is 12.5. The second kappa shape index (κ2) is 4.89. The Morgan fingerprint density at radius 3 is 2.80 bits per heavy atom. The molecule has 2 aromatic heterocycles. The molecule has 0 unspecified atom stereocenters. The third-order valence-corrected chi connectivity index (χ3v) is 3.48. The van der Waals surface area contributed by atoms with Crippen LogP contribution in [-0.2, 0) is 6.42 Å². The molecule has 0 aliphatic heterocycles. The number of rotatable bonds is 2. The first-order chi connectivity index (χ1) is 9.70. The average Bonchev–Trinajstić information content (AvgIpc) is 2.49. The number of nitrogens with two attached hydrogens (primary N) is 1. The molecule has 0 amide bonds. The van der Waals surface area contributed by atoms with Crippen LogP contribution in [0.15, 0.2) is 36.7 Å². The van der Waals surface area contributed by atoms with E-state index in [-0.39, 0.29) is 0 Å². The van der Waals surface area contributed by atoms with Gasteiger partial charge in [0, 0.05) is 35.3 Å². The van der Waals surface area contributed by atoms with Gasteiger partial charge in [-0.05, 0) is 18.4 Å². The fourth-order valence-corrected chi connectivity index (χ4v) is 2.32. The largest absolute Gasteiger partial charge is 0.383 e. The van der Waals surface area contributed by atoms with Gasteiger partial charge in [-0.1, -0.05) is 25.1 Å². The van der Waals surface area contributed by atoms with E-state index in [1.807, 2.05) is 32.2 Å². The number of benzene rings is 1. The van der Waals surface area contributed by atoms with Crippen LogP contribution in [0.25, 0.3) is 22.0 Å². The Labute approximate surface area is 117 Å². The van der Waals surface area contributed by atoms with Gasteiger partial charge in [-0.3, -0.25) is 4.98 Å². The highest BCUT2D eigenvalue weighted by Crippen LogP contribution is 2.30. The van der Waals surface area contributed by atoms with Crippen LogP contribution in [0.3, 0.4) is 0 Å². The summed E-state index contributed by atoms with van der Waals surface area (Å²) < 4.78 is 0. The molecule has 0 bridgehead atoms. The Kier molecular flexibility index (Phi) is 3.06. The lowest BCUT2D eigenvalue weighted by Crippen LogP contribution is -2.04. The molecular formula is C16H16N4. The maximum absolute atomic E-state index is 6.01. The molecule has 4 heteroatoms. The molecule has 0 atom stereocenters. The molecule has 0 fully saturated rings. The topological polar surface area (TPSA) is 64.7 Å². The van der Waals surface area contributed by atoms with E-state index in [2.05, 4.69) is 27.1 Å². The highest BCUT2D eigenvalue weighted by molar-refractivity contribution is 5.96. The molecule has 3 rings (SSSR count). The number of aryl methyl sites for hydroxylation is 1. The van der Waals surface area contributed by atoms with Crippen molar-refractivity contribution in [3.63, 3.8) is 0 Å². The van der Waals surface area contributed by atoms with E-state index in [0.29, 0.717) is 5.82 Å². The molecular weight excluding hydrogens is 248 g/mol. The second-order valence-corrected chi connectivity index (χ2v) is 4.75. The molecule has 0 spiro atoms. The maximum atomic E-state index is 6.01. The molecule has 20 heavy (non-hydrogen) atoms. The summed E-state index contributed by atoms with van der Waals surface area (Å²) in [5.41, 5.74) is 8.88. The number of hydrogen-bond acceptors (Lipinski definition) is 4. The lowest BCUT2D eigenvalue weighted by atomic mass is 10.0. The minimum atomic E-state index is 0.549. The van der Waals surface area contributed by atoms with Crippen molar-refractivity contribution >= 4 is 16.6 Å². The summed E-state index contributed by atoms with van der Waals surface area (Å²) in [6, 6.07) is 8.15. The van der Waals surface area contributed by atoms with E-state index in [9.17, 15) is 0 Å². The van der Waals surface area contributed by atoms with Crippen LogP contribution in [-0.4, -0.2) is 15.0 Å². The summed E-state index contributed by atoms with van der Waals surface area (Å²) >= 11 is 0. The SMILES string of the molecule is CCc1nc(N)c(C)c(-c2cccc3ccncc23)n1. The second-order valence-electron chi connectivity index (χ2n) is 4.75. The van der Waals surface area contributed by atoms with Crippen LogP contribution >= 0.6 is 0 Å². The van der Waals surface area contributed by atoms with E-state index >= 15 is 0 Å². The quantitative estimate of drug-likeness (QED) is 0.772. The standard InChI is InChI=1S/C16H16N4/c1-3-14-19-15(10(2)16(17)20-14)12-6-4-5-11-7-8-18-9-13(11)12/h4-9H,3H2,1-2H3,(H2,17,19,20). The Balaban J connectivity index is 2.33. The summed E-state index contributed by atoms with van der Waals surface area (Å²) in [5.74, 6) is 1.32. The fourth-order valence-electron chi connectivity index (χ4n) is 2.32. The molecule has 0 aliphatic rings. The molecule has 0 saturated heterocycles. The third kappa shape index (κ3) is 1.99. The monoisotopic (exact) mass is 264 g/mol. The van der Waals surface area contributed by atoms with Crippen molar-refractivity contribution in [2.75, 3.05) is 5.73 Å². The lowest BCUT2D eigenvalue weighted by molar-refractivity contribution is 0.940. The minimum absolute atomic E-state index is 0.549. The normalized spacial score (nSPS) is 10.9. The van der Waals surface area contributed by atoms with E-state index in [0.717, 1.165) is 39.8 Å². The summed E-state index contributed by atoms with van der Waals surface area (Å²) in [7, 11) is 0.